The van der Waals surface area contributed by atoms with Crippen molar-refractivity contribution in [3.8, 4) is 0 Å². The molecule has 0 saturated heterocycles. The molecular formula is C14H20BN. The van der Waals surface area contributed by atoms with Crippen LogP contribution in [-0.2, 0) is 6.42 Å². The lowest BCUT2D eigenvalue weighted by Crippen LogP contribution is -2.13. The third-order valence-corrected chi connectivity index (χ3v) is 2.86. The van der Waals surface area contributed by atoms with Gasteiger partial charge in [0.2, 0.25) is 0 Å². The molecule has 1 aromatic carbocycles. The molecule has 0 aliphatic rings. The van der Waals surface area contributed by atoms with E-state index in [1.807, 2.05) is 25.2 Å². The van der Waals surface area contributed by atoms with E-state index in [4.69, 9.17) is 7.85 Å². The number of anilines is 1. The first-order chi connectivity index (χ1) is 7.34. The second-order valence-corrected chi connectivity index (χ2v) is 5.20. The number of nitrogens with one attached hydrogen (secondary N) is 1. The zero-order chi connectivity index (χ0) is 12.3. The van der Waals surface area contributed by atoms with Crippen LogP contribution >= 0.6 is 0 Å². The minimum atomic E-state index is 0.135. The van der Waals surface area contributed by atoms with E-state index in [1.165, 1.54) is 11.1 Å². The lowest BCUT2D eigenvalue weighted by molar-refractivity contribution is 0.494. The van der Waals surface area contributed by atoms with E-state index in [1.54, 1.807) is 0 Å². The van der Waals surface area contributed by atoms with Gasteiger partial charge in [0.1, 0.15) is 7.85 Å². The van der Waals surface area contributed by atoms with Crippen molar-refractivity contribution >= 4 is 19.0 Å². The van der Waals surface area contributed by atoms with Gasteiger partial charge in [-0.15, -0.1) is 0 Å². The summed E-state index contributed by atoms with van der Waals surface area (Å²) in [5.74, 6) is 0. The summed E-state index contributed by atoms with van der Waals surface area (Å²) in [6, 6.07) is 5.94. The summed E-state index contributed by atoms with van der Waals surface area (Å²) in [6.45, 7) is 10.7. The fraction of sp³-hybridized carbons (Fsp3) is 0.429. The van der Waals surface area contributed by atoms with Gasteiger partial charge in [-0.05, 0) is 23.5 Å². The average molecular weight is 213 g/mol. The Kier molecular flexibility index (Phi) is 3.85. The van der Waals surface area contributed by atoms with E-state index in [0.29, 0.717) is 0 Å². The molecule has 84 valence electrons. The highest BCUT2D eigenvalue weighted by molar-refractivity contribution is 6.32. The molecule has 0 bridgehead atoms. The number of rotatable bonds is 3. The van der Waals surface area contributed by atoms with Crippen LogP contribution in [0.5, 0.6) is 0 Å². The predicted octanol–water partition coefficient (Wildman–Crippen LogP) is 2.67. The Morgan fingerprint density at radius 3 is 2.50 bits per heavy atom. The molecule has 0 aliphatic carbocycles. The molecule has 0 saturated carbocycles. The average Bonchev–Trinajstić information content (AvgIpc) is 2.16. The number of allylic oxidation sites excluding steroid dienone is 1. The molecule has 0 spiro atoms. The van der Waals surface area contributed by atoms with Gasteiger partial charge in [-0.2, -0.15) is 0 Å². The summed E-state index contributed by atoms with van der Waals surface area (Å²) in [7, 11) is 7.73. The van der Waals surface area contributed by atoms with Crippen LogP contribution in [0.3, 0.4) is 0 Å². The van der Waals surface area contributed by atoms with Crippen molar-refractivity contribution in [2.45, 2.75) is 27.2 Å². The topological polar surface area (TPSA) is 12.0 Å². The zero-order valence-corrected chi connectivity index (χ0v) is 10.7. The van der Waals surface area contributed by atoms with Gasteiger partial charge in [-0.1, -0.05) is 50.5 Å². The van der Waals surface area contributed by atoms with Gasteiger partial charge in [-0.25, -0.2) is 0 Å². The maximum Gasteiger partial charge on any atom is 0.113 e. The summed E-state index contributed by atoms with van der Waals surface area (Å²) >= 11 is 0. The van der Waals surface area contributed by atoms with E-state index in [2.05, 4.69) is 32.7 Å². The molecule has 1 nitrogen and oxygen atoms in total. The Morgan fingerprint density at radius 1 is 1.38 bits per heavy atom. The summed E-state index contributed by atoms with van der Waals surface area (Å²) < 4.78 is 0. The number of benzene rings is 1. The first kappa shape index (κ1) is 12.9. The van der Waals surface area contributed by atoms with Crippen LogP contribution in [0.1, 0.15) is 26.3 Å². The maximum atomic E-state index is 5.81. The normalized spacial score (nSPS) is 11.2. The van der Waals surface area contributed by atoms with E-state index >= 15 is 0 Å². The fourth-order valence-electron chi connectivity index (χ4n) is 1.50. The van der Waals surface area contributed by atoms with Gasteiger partial charge in [-0.3, -0.25) is 0 Å². The molecule has 0 atom stereocenters. The van der Waals surface area contributed by atoms with Gasteiger partial charge in [0.05, 0.1) is 0 Å². The second-order valence-electron chi connectivity index (χ2n) is 5.20. The molecule has 0 unspecified atom stereocenters. The molecule has 2 radical (unpaired) electrons. The van der Waals surface area contributed by atoms with Crippen molar-refractivity contribution in [1.29, 1.82) is 0 Å². The van der Waals surface area contributed by atoms with Crippen LogP contribution < -0.4 is 10.8 Å². The molecule has 1 aromatic rings. The molecule has 0 aliphatic heterocycles. The van der Waals surface area contributed by atoms with Crippen LogP contribution in [0.25, 0.3) is 0 Å². The minimum Gasteiger partial charge on any atom is -0.388 e. The predicted molar refractivity (Wildman–Crippen MR) is 73.7 cm³/mol. The van der Waals surface area contributed by atoms with Crippen LogP contribution in [0.4, 0.5) is 5.69 Å². The molecule has 1 N–H and O–H groups in total. The van der Waals surface area contributed by atoms with Crippen molar-refractivity contribution in [2.75, 3.05) is 12.4 Å². The van der Waals surface area contributed by atoms with E-state index in [0.717, 1.165) is 17.6 Å². The van der Waals surface area contributed by atoms with Crippen molar-refractivity contribution in [1.82, 2.24) is 0 Å². The van der Waals surface area contributed by atoms with Crippen molar-refractivity contribution in [2.24, 2.45) is 5.41 Å². The molecule has 2 heteroatoms. The van der Waals surface area contributed by atoms with Crippen LogP contribution in [-0.4, -0.2) is 14.9 Å². The van der Waals surface area contributed by atoms with Gasteiger partial charge in [0.15, 0.2) is 0 Å². The van der Waals surface area contributed by atoms with Gasteiger partial charge in [0.25, 0.3) is 0 Å². The maximum absolute atomic E-state index is 5.81. The molecule has 16 heavy (non-hydrogen) atoms. The monoisotopic (exact) mass is 213 g/mol. The van der Waals surface area contributed by atoms with Crippen LogP contribution in [0, 0.1) is 5.41 Å². The lowest BCUT2D eigenvalue weighted by atomic mass is 9.82. The first-order valence-corrected chi connectivity index (χ1v) is 5.59. The van der Waals surface area contributed by atoms with E-state index < -0.39 is 0 Å². The fourth-order valence-corrected chi connectivity index (χ4v) is 1.50. The summed E-state index contributed by atoms with van der Waals surface area (Å²) in [5, 5.41) is 3.18. The highest BCUT2D eigenvalue weighted by Gasteiger charge is 2.16. The van der Waals surface area contributed by atoms with E-state index in [9.17, 15) is 0 Å². The Hall–Kier alpha value is -1.18. The van der Waals surface area contributed by atoms with Crippen molar-refractivity contribution in [3.05, 3.63) is 35.9 Å². The Labute approximate surface area is 100 Å². The summed E-state index contributed by atoms with van der Waals surface area (Å²) in [4.78, 5) is 0. The highest BCUT2D eigenvalue weighted by atomic mass is 14.8. The molecule has 0 fully saturated rings. The highest BCUT2D eigenvalue weighted by Crippen LogP contribution is 2.28. The third kappa shape index (κ3) is 3.16. The molecule has 0 aromatic heterocycles. The SMILES string of the molecule is [B]c1ccc(NC)c(CC(=C)C(C)(C)C)c1. The molecule has 1 rings (SSSR count). The zero-order valence-electron chi connectivity index (χ0n) is 10.7. The molecular weight excluding hydrogens is 193 g/mol. The molecule has 0 amide bonds. The molecule has 0 heterocycles. The van der Waals surface area contributed by atoms with Crippen molar-refractivity contribution in [3.63, 3.8) is 0 Å². The van der Waals surface area contributed by atoms with Crippen LogP contribution in [0.15, 0.2) is 30.4 Å². The first-order valence-electron chi connectivity index (χ1n) is 5.59. The number of hydrogen-bond donors (Lipinski definition) is 1. The summed E-state index contributed by atoms with van der Waals surface area (Å²) in [5.41, 5.74) is 4.49. The largest absolute Gasteiger partial charge is 0.388 e. The quantitative estimate of drug-likeness (QED) is 0.601. The second kappa shape index (κ2) is 4.77. The van der Waals surface area contributed by atoms with Gasteiger partial charge < -0.3 is 5.32 Å². The van der Waals surface area contributed by atoms with E-state index in [-0.39, 0.29) is 5.41 Å². The Bertz CT molecular complexity index is 388. The number of hydrogen-bond acceptors (Lipinski definition) is 1. The van der Waals surface area contributed by atoms with Crippen LogP contribution in [0.2, 0.25) is 0 Å². The lowest BCUT2D eigenvalue weighted by Gasteiger charge is -2.23. The van der Waals surface area contributed by atoms with Gasteiger partial charge in [0, 0.05) is 12.7 Å². The summed E-state index contributed by atoms with van der Waals surface area (Å²) in [6.07, 6.45) is 0.866. The smallest absolute Gasteiger partial charge is 0.113 e. The third-order valence-electron chi connectivity index (χ3n) is 2.86. The Morgan fingerprint density at radius 2 is 2.00 bits per heavy atom. The van der Waals surface area contributed by atoms with Gasteiger partial charge >= 0.3 is 0 Å². The minimum absolute atomic E-state index is 0.135. The van der Waals surface area contributed by atoms with Crippen molar-refractivity contribution < 1.29 is 0 Å². The standard InChI is InChI=1S/C14H20BN/c1-10(14(2,3)4)8-11-9-12(15)6-7-13(11)16-5/h6-7,9,16H,1,8H2,2-5H3. The Balaban J connectivity index is 2.96.